The Morgan fingerprint density at radius 2 is 1.79 bits per heavy atom. The molecule has 138 valence electrons. The summed E-state index contributed by atoms with van der Waals surface area (Å²) in [6, 6.07) is 14.3. The van der Waals surface area contributed by atoms with Crippen molar-refractivity contribution in [3.8, 4) is 11.6 Å². The first-order valence-corrected chi connectivity index (χ1v) is 9.33. The van der Waals surface area contributed by atoms with Crippen LogP contribution in [0.25, 0.3) is 4.72 Å². The van der Waals surface area contributed by atoms with E-state index < -0.39 is 21.7 Å². The van der Waals surface area contributed by atoms with E-state index in [1.54, 1.807) is 24.3 Å². The van der Waals surface area contributed by atoms with E-state index in [1.807, 2.05) is 6.07 Å². The van der Waals surface area contributed by atoms with E-state index in [-0.39, 0.29) is 50.9 Å². The molecule has 0 fully saturated rings. The van der Waals surface area contributed by atoms with Crippen LogP contribution >= 0.6 is 11.6 Å². The van der Waals surface area contributed by atoms with Gasteiger partial charge in [-0.25, -0.2) is 17.8 Å². The zero-order chi connectivity index (χ0) is 19.4. The van der Waals surface area contributed by atoms with Crippen molar-refractivity contribution in [3.05, 3.63) is 88.0 Å². The molecular formula is C18H11ClFN2NaO4S. The monoisotopic (exact) mass is 428 g/mol. The van der Waals surface area contributed by atoms with Crippen LogP contribution in [0.15, 0.2) is 71.8 Å². The quantitative estimate of drug-likeness (QED) is 0.576. The number of benzene rings is 2. The van der Waals surface area contributed by atoms with Crippen molar-refractivity contribution in [1.29, 1.82) is 0 Å². The third-order valence-electron chi connectivity index (χ3n) is 3.34. The Bertz CT molecular complexity index is 1080. The summed E-state index contributed by atoms with van der Waals surface area (Å²) in [4.78, 5) is 15.7. The van der Waals surface area contributed by atoms with Gasteiger partial charge < -0.3 is 14.3 Å². The molecule has 10 heteroatoms. The minimum atomic E-state index is -4.32. The summed E-state index contributed by atoms with van der Waals surface area (Å²) in [5, 5.41) is -0.233. The Balaban J connectivity index is 0.00000280. The number of ether oxygens (including phenoxy) is 1. The fourth-order valence-corrected chi connectivity index (χ4v) is 3.16. The van der Waals surface area contributed by atoms with Crippen LogP contribution in [-0.2, 0) is 10.0 Å². The predicted octanol–water partition coefficient (Wildman–Crippen LogP) is 1.57. The van der Waals surface area contributed by atoms with Crippen LogP contribution in [0, 0.1) is 5.82 Å². The molecule has 0 aliphatic heterocycles. The summed E-state index contributed by atoms with van der Waals surface area (Å²) in [6.45, 7) is 0. The Morgan fingerprint density at radius 3 is 2.39 bits per heavy atom. The van der Waals surface area contributed by atoms with Crippen molar-refractivity contribution in [2.24, 2.45) is 0 Å². The van der Waals surface area contributed by atoms with E-state index in [9.17, 15) is 17.6 Å². The maximum Gasteiger partial charge on any atom is 1.00 e. The van der Waals surface area contributed by atoms with Crippen LogP contribution < -0.4 is 34.3 Å². The van der Waals surface area contributed by atoms with Gasteiger partial charge in [0.25, 0.3) is 0 Å². The molecule has 0 saturated heterocycles. The van der Waals surface area contributed by atoms with Gasteiger partial charge in [0.1, 0.15) is 21.6 Å². The molecule has 1 aromatic heterocycles. The molecule has 0 atom stereocenters. The normalized spacial score (nSPS) is 10.6. The molecule has 28 heavy (non-hydrogen) atoms. The third-order valence-corrected chi connectivity index (χ3v) is 4.89. The van der Waals surface area contributed by atoms with E-state index in [0.717, 1.165) is 24.4 Å². The van der Waals surface area contributed by atoms with Crippen LogP contribution in [-0.4, -0.2) is 19.3 Å². The van der Waals surface area contributed by atoms with E-state index in [1.165, 1.54) is 12.1 Å². The molecule has 0 spiro atoms. The Morgan fingerprint density at radius 1 is 1.07 bits per heavy atom. The number of para-hydroxylation sites is 1. The number of nitrogens with zero attached hydrogens (tertiary/aromatic N) is 2. The predicted molar refractivity (Wildman–Crippen MR) is 97.0 cm³/mol. The molecule has 0 aliphatic carbocycles. The van der Waals surface area contributed by atoms with Crippen LogP contribution in [0.1, 0.15) is 10.4 Å². The Labute approximate surface area is 188 Å². The second-order valence-electron chi connectivity index (χ2n) is 5.24. The number of pyridine rings is 1. The molecule has 6 nitrogen and oxygen atoms in total. The summed E-state index contributed by atoms with van der Waals surface area (Å²) in [6.07, 6.45) is 1.02. The average Bonchev–Trinajstić information content (AvgIpc) is 2.62. The molecule has 3 rings (SSSR count). The molecular weight excluding hydrogens is 418 g/mol. The fraction of sp³-hybridized carbons (Fsp3) is 0. The van der Waals surface area contributed by atoms with Crippen molar-refractivity contribution >= 4 is 27.5 Å². The summed E-state index contributed by atoms with van der Waals surface area (Å²) in [5.41, 5.74) is -0.223. The Hall–Kier alpha value is -1.97. The molecule has 1 heterocycles. The minimum absolute atomic E-state index is 0. The van der Waals surface area contributed by atoms with E-state index in [4.69, 9.17) is 16.3 Å². The van der Waals surface area contributed by atoms with Crippen LogP contribution in [0.3, 0.4) is 0 Å². The topological polar surface area (TPSA) is 87.4 Å². The first-order chi connectivity index (χ1) is 12.8. The van der Waals surface area contributed by atoms with Gasteiger partial charge in [0, 0.05) is 17.8 Å². The number of carbonyl (C=O) groups excluding carboxylic acids is 1. The molecule has 3 aromatic rings. The second-order valence-corrected chi connectivity index (χ2v) is 7.25. The zero-order valence-electron chi connectivity index (χ0n) is 14.5. The minimum Gasteiger partial charge on any atom is -0.537 e. The number of amides is 1. The van der Waals surface area contributed by atoms with Gasteiger partial charge in [0.05, 0.1) is 15.8 Å². The van der Waals surface area contributed by atoms with Gasteiger partial charge in [-0.05, 0) is 36.4 Å². The summed E-state index contributed by atoms with van der Waals surface area (Å²) < 4.78 is 46.3. The van der Waals surface area contributed by atoms with Gasteiger partial charge in [-0.15, -0.1) is 0 Å². The van der Waals surface area contributed by atoms with Crippen LogP contribution in [0.5, 0.6) is 11.6 Å². The van der Waals surface area contributed by atoms with Crippen molar-refractivity contribution in [1.82, 2.24) is 4.98 Å². The maximum absolute atomic E-state index is 13.0. The number of sulfonamides is 1. The molecule has 0 radical (unpaired) electrons. The smallest absolute Gasteiger partial charge is 0.537 e. The largest absolute Gasteiger partial charge is 1.00 e. The Kier molecular flexibility index (Phi) is 7.56. The molecule has 0 unspecified atom stereocenters. The SMILES string of the molecule is O=C([N-]S(=O)(=O)c1ccc(Oc2ccccc2)nc1)c1ccc(F)cc1Cl.[Na+]. The number of hydrogen-bond acceptors (Lipinski definition) is 5. The van der Waals surface area contributed by atoms with Crippen molar-refractivity contribution < 1.29 is 51.9 Å². The number of rotatable bonds is 5. The van der Waals surface area contributed by atoms with E-state index >= 15 is 0 Å². The number of carbonyl (C=O) groups is 1. The number of aromatic nitrogens is 1. The first-order valence-electron chi connectivity index (χ1n) is 7.51. The zero-order valence-corrected chi connectivity index (χ0v) is 18.1. The van der Waals surface area contributed by atoms with Crippen molar-refractivity contribution in [2.75, 3.05) is 0 Å². The summed E-state index contributed by atoms with van der Waals surface area (Å²) in [5.74, 6) is -1.05. The van der Waals surface area contributed by atoms with Crippen molar-refractivity contribution in [3.63, 3.8) is 0 Å². The second kappa shape index (κ2) is 9.49. The van der Waals surface area contributed by atoms with Crippen LogP contribution in [0.2, 0.25) is 5.02 Å². The van der Waals surface area contributed by atoms with Crippen molar-refractivity contribution in [2.45, 2.75) is 4.90 Å². The molecule has 2 aromatic carbocycles. The number of hydrogen-bond donors (Lipinski definition) is 0. The molecule has 0 N–H and O–H groups in total. The summed E-state index contributed by atoms with van der Waals surface area (Å²) >= 11 is 5.75. The summed E-state index contributed by atoms with van der Waals surface area (Å²) in [7, 11) is -4.32. The molecule has 1 amide bonds. The van der Waals surface area contributed by atoms with Gasteiger partial charge in [-0.3, -0.25) is 0 Å². The van der Waals surface area contributed by atoms with Gasteiger partial charge in [-0.1, -0.05) is 29.8 Å². The fourth-order valence-electron chi connectivity index (χ4n) is 2.06. The standard InChI is InChI=1S/C18H12ClFN2O4S.Na/c19-16-10-12(20)6-8-15(16)18(23)22-27(24,25)14-7-9-17(21-11-14)26-13-4-2-1-3-5-13;/h1-11H,(H,22,23);/q;+1/p-1. The van der Waals surface area contributed by atoms with Gasteiger partial charge in [0.2, 0.25) is 5.88 Å². The average molecular weight is 429 g/mol. The maximum atomic E-state index is 13.0. The van der Waals surface area contributed by atoms with Gasteiger partial charge in [-0.2, -0.15) is 0 Å². The molecule has 0 bridgehead atoms. The first kappa shape index (κ1) is 22.3. The third kappa shape index (κ3) is 5.52. The van der Waals surface area contributed by atoms with Crippen LogP contribution in [0.4, 0.5) is 4.39 Å². The van der Waals surface area contributed by atoms with E-state index in [2.05, 4.69) is 9.71 Å². The van der Waals surface area contributed by atoms with Gasteiger partial charge in [0.15, 0.2) is 0 Å². The molecule has 0 aliphatic rings. The van der Waals surface area contributed by atoms with Gasteiger partial charge >= 0.3 is 29.6 Å². The number of halogens is 2. The molecule has 0 saturated carbocycles. The van der Waals surface area contributed by atoms with E-state index in [0.29, 0.717) is 5.75 Å².